The van der Waals surface area contributed by atoms with E-state index in [0.717, 1.165) is 11.1 Å². The number of hydrogen-bond donors (Lipinski definition) is 0. The van der Waals surface area contributed by atoms with Gasteiger partial charge in [-0.05, 0) is 11.1 Å². The molecule has 0 N–H and O–H groups in total. The van der Waals surface area contributed by atoms with E-state index < -0.39 is 18.1 Å². The third-order valence-electron chi connectivity index (χ3n) is 4.55. The lowest BCUT2D eigenvalue weighted by Crippen LogP contribution is -2.45. The molecule has 1 amide bonds. The molecule has 6 heteroatoms. The fraction of sp³-hybridized carbons (Fsp3) is 0.300. The van der Waals surface area contributed by atoms with Crippen molar-refractivity contribution in [1.29, 1.82) is 0 Å². The number of likely N-dealkylation sites (tertiary alicyclic amines) is 1. The molecule has 3 atom stereocenters. The first-order valence-electron chi connectivity index (χ1n) is 8.56. The molecular weight excluding hydrogens is 334 g/mol. The summed E-state index contributed by atoms with van der Waals surface area (Å²) in [6.07, 6.45) is -0.914. The predicted molar refractivity (Wildman–Crippen MR) is 92.0 cm³/mol. The lowest BCUT2D eigenvalue weighted by molar-refractivity contribution is -0.151. The number of nitrogens with zero attached hydrogens (tertiary/aromatic N) is 1. The number of fused-ring (bicyclic) bond motifs is 1. The Morgan fingerprint density at radius 2 is 1.50 bits per heavy atom. The van der Waals surface area contributed by atoms with Crippen LogP contribution in [0, 0.1) is 0 Å². The van der Waals surface area contributed by atoms with Crippen molar-refractivity contribution in [2.45, 2.75) is 31.5 Å². The molecule has 0 saturated carbocycles. The van der Waals surface area contributed by atoms with Crippen molar-refractivity contribution in [2.24, 2.45) is 0 Å². The molecule has 26 heavy (non-hydrogen) atoms. The van der Waals surface area contributed by atoms with Gasteiger partial charge in [-0.25, -0.2) is 9.59 Å². The number of epoxide rings is 1. The lowest BCUT2D eigenvalue weighted by atomic mass is 10.2. The summed E-state index contributed by atoms with van der Waals surface area (Å²) < 4.78 is 16.2. The summed E-state index contributed by atoms with van der Waals surface area (Å²) in [5, 5.41) is 0. The molecule has 3 unspecified atom stereocenters. The zero-order valence-corrected chi connectivity index (χ0v) is 14.1. The molecule has 2 aromatic carbocycles. The third kappa shape index (κ3) is 3.55. The first-order chi connectivity index (χ1) is 12.7. The predicted octanol–water partition coefficient (Wildman–Crippen LogP) is 2.52. The van der Waals surface area contributed by atoms with E-state index in [0.29, 0.717) is 6.54 Å². The highest BCUT2D eigenvalue weighted by Gasteiger charge is 2.60. The van der Waals surface area contributed by atoms with Gasteiger partial charge in [0.1, 0.15) is 25.4 Å². The fourth-order valence-electron chi connectivity index (χ4n) is 3.13. The molecule has 0 aliphatic carbocycles. The highest BCUT2D eigenvalue weighted by molar-refractivity contribution is 5.84. The van der Waals surface area contributed by atoms with Gasteiger partial charge in [-0.3, -0.25) is 4.90 Å². The summed E-state index contributed by atoms with van der Waals surface area (Å²) in [4.78, 5) is 26.3. The monoisotopic (exact) mass is 353 g/mol. The van der Waals surface area contributed by atoms with Crippen LogP contribution in [-0.4, -0.2) is 41.8 Å². The molecule has 6 nitrogen and oxygen atoms in total. The Balaban J connectivity index is 1.35. The summed E-state index contributed by atoms with van der Waals surface area (Å²) in [7, 11) is 0. The first kappa shape index (κ1) is 16.6. The van der Waals surface area contributed by atoms with Gasteiger partial charge in [0, 0.05) is 0 Å². The maximum Gasteiger partial charge on any atom is 0.411 e. The van der Waals surface area contributed by atoms with Gasteiger partial charge in [-0.1, -0.05) is 60.7 Å². The second-order valence-corrected chi connectivity index (χ2v) is 6.37. The van der Waals surface area contributed by atoms with Crippen molar-refractivity contribution in [3.05, 3.63) is 71.8 Å². The van der Waals surface area contributed by atoms with Crippen molar-refractivity contribution in [3.63, 3.8) is 0 Å². The average molecular weight is 353 g/mol. The summed E-state index contributed by atoms with van der Waals surface area (Å²) in [5.41, 5.74) is 1.79. The summed E-state index contributed by atoms with van der Waals surface area (Å²) in [6, 6.07) is 18.1. The number of esters is 1. The van der Waals surface area contributed by atoms with Crippen molar-refractivity contribution in [1.82, 2.24) is 4.90 Å². The number of rotatable bonds is 5. The maximum atomic E-state index is 12.5. The van der Waals surface area contributed by atoms with Crippen LogP contribution in [0.3, 0.4) is 0 Å². The topological polar surface area (TPSA) is 68.4 Å². The quantitative estimate of drug-likeness (QED) is 0.610. The SMILES string of the molecule is O=C(OCc1ccccc1)C1C2OC2CN1C(=O)OCc1ccccc1. The van der Waals surface area contributed by atoms with Gasteiger partial charge in [0.05, 0.1) is 6.54 Å². The molecule has 2 saturated heterocycles. The minimum absolute atomic E-state index is 0.103. The van der Waals surface area contributed by atoms with Crippen LogP contribution in [-0.2, 0) is 32.2 Å². The van der Waals surface area contributed by atoms with Gasteiger partial charge >= 0.3 is 12.1 Å². The lowest BCUT2D eigenvalue weighted by Gasteiger charge is -2.24. The molecule has 2 aromatic rings. The van der Waals surface area contributed by atoms with E-state index >= 15 is 0 Å². The minimum atomic E-state index is -0.744. The van der Waals surface area contributed by atoms with E-state index in [1.54, 1.807) is 0 Å². The highest BCUT2D eigenvalue weighted by Crippen LogP contribution is 2.37. The number of morpholine rings is 1. The van der Waals surface area contributed by atoms with Crippen LogP contribution in [0.2, 0.25) is 0 Å². The van der Waals surface area contributed by atoms with Gasteiger partial charge in [0.2, 0.25) is 0 Å². The molecule has 2 heterocycles. The van der Waals surface area contributed by atoms with Gasteiger partial charge < -0.3 is 14.2 Å². The normalized spacial score (nSPS) is 23.2. The number of amides is 1. The first-order valence-corrected chi connectivity index (χ1v) is 8.56. The third-order valence-corrected chi connectivity index (χ3v) is 4.55. The molecule has 2 aliphatic heterocycles. The molecule has 134 valence electrons. The summed E-state index contributed by atoms with van der Waals surface area (Å²) in [5.74, 6) is -0.462. The second kappa shape index (κ2) is 7.17. The molecule has 2 aliphatic rings. The highest BCUT2D eigenvalue weighted by atomic mass is 16.6. The number of ether oxygens (including phenoxy) is 3. The van der Waals surface area contributed by atoms with Gasteiger partial charge in [0.25, 0.3) is 0 Å². The van der Waals surface area contributed by atoms with Crippen LogP contribution >= 0.6 is 0 Å². The zero-order chi connectivity index (χ0) is 17.9. The molecule has 0 radical (unpaired) electrons. The van der Waals surface area contributed by atoms with E-state index in [-0.39, 0.29) is 25.4 Å². The fourth-order valence-corrected chi connectivity index (χ4v) is 3.13. The molecule has 0 aromatic heterocycles. The van der Waals surface area contributed by atoms with Crippen molar-refractivity contribution in [3.8, 4) is 0 Å². The Morgan fingerprint density at radius 1 is 0.923 bits per heavy atom. The van der Waals surface area contributed by atoms with Crippen molar-refractivity contribution in [2.75, 3.05) is 6.54 Å². The van der Waals surface area contributed by atoms with Gasteiger partial charge in [-0.15, -0.1) is 0 Å². The summed E-state index contributed by atoms with van der Waals surface area (Å²) >= 11 is 0. The van der Waals surface area contributed by atoms with Crippen molar-refractivity contribution < 1.29 is 23.8 Å². The Labute approximate surface area is 151 Å². The number of benzene rings is 2. The van der Waals surface area contributed by atoms with Crippen LogP contribution in [0.25, 0.3) is 0 Å². The number of carbonyl (C=O) groups is 2. The molecule has 0 bridgehead atoms. The van der Waals surface area contributed by atoms with Gasteiger partial charge in [0.15, 0.2) is 6.04 Å². The van der Waals surface area contributed by atoms with E-state index in [4.69, 9.17) is 14.2 Å². The number of carbonyl (C=O) groups excluding carboxylic acids is 2. The number of hydrogen-bond acceptors (Lipinski definition) is 5. The van der Waals surface area contributed by atoms with E-state index in [1.165, 1.54) is 4.90 Å². The Hall–Kier alpha value is -2.86. The van der Waals surface area contributed by atoms with Crippen LogP contribution in [0.15, 0.2) is 60.7 Å². The largest absolute Gasteiger partial charge is 0.459 e. The molecule has 2 fully saturated rings. The maximum absolute atomic E-state index is 12.5. The molecule has 0 spiro atoms. The smallest absolute Gasteiger partial charge is 0.411 e. The van der Waals surface area contributed by atoms with Crippen LogP contribution in [0.5, 0.6) is 0 Å². The second-order valence-electron chi connectivity index (χ2n) is 6.37. The molecular formula is C20H19NO5. The van der Waals surface area contributed by atoms with Gasteiger partial charge in [-0.2, -0.15) is 0 Å². The van der Waals surface area contributed by atoms with Crippen LogP contribution in [0.4, 0.5) is 4.79 Å². The van der Waals surface area contributed by atoms with Crippen LogP contribution in [0.1, 0.15) is 11.1 Å². The Bertz CT molecular complexity index is 779. The van der Waals surface area contributed by atoms with E-state index in [9.17, 15) is 9.59 Å². The average Bonchev–Trinajstić information content (AvgIpc) is 3.35. The minimum Gasteiger partial charge on any atom is -0.459 e. The Morgan fingerprint density at radius 3 is 2.12 bits per heavy atom. The molecule has 4 rings (SSSR count). The standard InChI is InChI=1S/C20H19NO5/c22-19(24-12-14-7-3-1-4-8-14)17-18-16(26-18)11-21(17)20(23)25-13-15-9-5-2-6-10-15/h1-10,16-18H,11-13H2. The van der Waals surface area contributed by atoms with E-state index in [2.05, 4.69) is 0 Å². The summed E-state index contributed by atoms with van der Waals surface area (Å²) in [6.45, 7) is 0.683. The van der Waals surface area contributed by atoms with Crippen molar-refractivity contribution >= 4 is 12.1 Å². The van der Waals surface area contributed by atoms with Crippen LogP contribution < -0.4 is 0 Å². The van der Waals surface area contributed by atoms with E-state index in [1.807, 2.05) is 60.7 Å². The zero-order valence-electron chi connectivity index (χ0n) is 14.1. The Kier molecular flexibility index (Phi) is 4.58.